The number of aliphatic hydroxyl groups is 4. The first-order chi connectivity index (χ1) is 39.9. The number of phenolic OH excluding ortho intramolecular Hbond substituents is 4. The maximum atomic E-state index is 14.2. The van der Waals surface area contributed by atoms with Gasteiger partial charge in [-0.1, -0.05) is 48.5 Å². The molecule has 0 radical (unpaired) electrons. The zero-order valence-corrected chi connectivity index (χ0v) is 46.7. The van der Waals surface area contributed by atoms with E-state index in [1.807, 2.05) is 24.3 Å². The molecule has 5 aromatic rings. The molecule has 5 aromatic carbocycles. The third-order valence-corrected chi connectivity index (χ3v) is 17.6. The Morgan fingerprint density at radius 1 is 0.560 bits per heavy atom. The molecule has 22 nitrogen and oxygen atoms in total. The molecule has 6 aliphatic rings. The number of aliphatic hydroxyl groups excluding tert-OH is 2. The molecule has 2 heterocycles. The summed E-state index contributed by atoms with van der Waals surface area (Å²) in [6.07, 6.45) is -10.7. The van der Waals surface area contributed by atoms with E-state index in [1.165, 1.54) is 50.6 Å². The number of rotatable bonds is 14. The summed E-state index contributed by atoms with van der Waals surface area (Å²) in [5.74, 6) is -7.07. The fourth-order valence-electron chi connectivity index (χ4n) is 13.0. The van der Waals surface area contributed by atoms with Crippen LogP contribution in [0.5, 0.6) is 34.5 Å². The van der Waals surface area contributed by atoms with E-state index in [0.29, 0.717) is 0 Å². The SMILES string of the molecule is COc1cccc2c1C(=O)c1c(O)c3c(c(O)c1C2=O)C[C@@](O)(C(C)=O)C[C@@H]3O[C@H]1C[C@H](NCc2cccc(CN[C@H]3C[C@H](O[C@H]4C[C@](O)(C(C)=O)Cc5c(O)c6c(c(O)c54)C(=O)c4c(OC)cccc4C6=O)O[C@@H](C)[C@H]3O)c2)[C@H](O)[C@H](C)O1. The fraction of sp³-hybridized carbons (Fsp3) is 0.419. The van der Waals surface area contributed by atoms with Crippen molar-refractivity contribution in [3.63, 3.8) is 0 Å². The first kappa shape index (κ1) is 58.3. The summed E-state index contributed by atoms with van der Waals surface area (Å²) in [7, 11) is 2.64. The van der Waals surface area contributed by atoms with Gasteiger partial charge in [0.2, 0.25) is 11.6 Å². The lowest BCUT2D eigenvalue weighted by Crippen LogP contribution is -2.54. The number of methoxy groups -OCH3 is 2. The maximum Gasteiger partial charge on any atom is 0.202 e. The third kappa shape index (κ3) is 9.63. The van der Waals surface area contributed by atoms with Crippen LogP contribution < -0.4 is 20.1 Å². The number of aromatic hydroxyl groups is 4. The Hall–Kier alpha value is -7.48. The molecule has 12 atom stereocenters. The molecule has 4 aliphatic carbocycles. The molecular formula is C62H64N2O20. The van der Waals surface area contributed by atoms with Crippen LogP contribution in [-0.4, -0.2) is 150 Å². The van der Waals surface area contributed by atoms with Crippen molar-refractivity contribution in [2.75, 3.05) is 14.2 Å². The summed E-state index contributed by atoms with van der Waals surface area (Å²) < 4.78 is 35.9. The number of ketones is 6. The van der Waals surface area contributed by atoms with E-state index < -0.39 is 178 Å². The summed E-state index contributed by atoms with van der Waals surface area (Å²) in [5, 5.41) is 101. The highest BCUT2D eigenvalue weighted by Crippen LogP contribution is 2.55. The van der Waals surface area contributed by atoms with E-state index in [4.69, 9.17) is 28.4 Å². The number of ether oxygens (including phenoxy) is 6. The fourth-order valence-corrected chi connectivity index (χ4v) is 13.0. The minimum atomic E-state index is -2.13. The highest BCUT2D eigenvalue weighted by atomic mass is 16.7. The summed E-state index contributed by atoms with van der Waals surface area (Å²) in [6.45, 7) is 6.02. The Bertz CT molecular complexity index is 3390. The van der Waals surface area contributed by atoms with Gasteiger partial charge in [-0.3, -0.25) is 28.8 Å². The third-order valence-electron chi connectivity index (χ3n) is 17.6. The number of fused-ring (bicyclic) bond motifs is 6. The van der Waals surface area contributed by atoms with Gasteiger partial charge in [0.15, 0.2) is 35.7 Å². The topological polar surface area (TPSA) is 344 Å². The Kier molecular flexibility index (Phi) is 15.2. The zero-order chi connectivity index (χ0) is 60.2. The number of hydrogen-bond acceptors (Lipinski definition) is 22. The molecule has 10 N–H and O–H groups in total. The molecular weight excluding hydrogens is 1090 g/mol. The van der Waals surface area contributed by atoms with Crippen LogP contribution >= 0.6 is 0 Å². The molecule has 0 aromatic heterocycles. The second-order valence-electron chi connectivity index (χ2n) is 22.7. The monoisotopic (exact) mass is 1160 g/mol. The second-order valence-corrected chi connectivity index (χ2v) is 22.7. The lowest BCUT2D eigenvalue weighted by atomic mass is 9.72. The Balaban J connectivity index is 0.783. The molecule has 0 bridgehead atoms. The van der Waals surface area contributed by atoms with Crippen LogP contribution in [0.4, 0.5) is 0 Å². The van der Waals surface area contributed by atoms with E-state index in [9.17, 15) is 69.6 Å². The average molecular weight is 1160 g/mol. The van der Waals surface area contributed by atoms with Gasteiger partial charge in [0.25, 0.3) is 0 Å². The highest BCUT2D eigenvalue weighted by molar-refractivity contribution is 6.32. The smallest absolute Gasteiger partial charge is 0.202 e. The van der Waals surface area contributed by atoms with Gasteiger partial charge in [0, 0.05) is 97.1 Å². The lowest BCUT2D eigenvalue weighted by Gasteiger charge is -2.43. The van der Waals surface area contributed by atoms with Crippen LogP contribution in [-0.2, 0) is 54.5 Å². The predicted octanol–water partition coefficient (Wildman–Crippen LogP) is 4.03. The normalized spacial score (nSPS) is 28.7. The lowest BCUT2D eigenvalue weighted by molar-refractivity contribution is -0.250. The van der Waals surface area contributed by atoms with Gasteiger partial charge in [-0.05, 0) is 51.0 Å². The average Bonchev–Trinajstić information content (AvgIpc) is 0.760. The van der Waals surface area contributed by atoms with Gasteiger partial charge < -0.3 is 79.9 Å². The molecule has 2 aliphatic heterocycles. The number of carbonyl (C=O) groups excluding carboxylic acids is 6. The molecule has 0 unspecified atom stereocenters. The zero-order valence-electron chi connectivity index (χ0n) is 46.7. The Labute approximate surface area is 480 Å². The molecule has 22 heteroatoms. The van der Waals surface area contributed by atoms with E-state index in [-0.39, 0.29) is 81.9 Å². The maximum absolute atomic E-state index is 14.2. The van der Waals surface area contributed by atoms with Crippen molar-refractivity contribution in [2.45, 2.75) is 152 Å². The first-order valence-corrected chi connectivity index (χ1v) is 27.6. The van der Waals surface area contributed by atoms with Crippen molar-refractivity contribution in [1.29, 1.82) is 0 Å². The summed E-state index contributed by atoms with van der Waals surface area (Å²) >= 11 is 0. The van der Waals surface area contributed by atoms with E-state index >= 15 is 0 Å². The van der Waals surface area contributed by atoms with Crippen molar-refractivity contribution >= 4 is 34.7 Å². The molecule has 2 fully saturated rings. The molecule has 11 rings (SSSR count). The van der Waals surface area contributed by atoms with Crippen LogP contribution in [0.25, 0.3) is 0 Å². The second kappa shape index (κ2) is 21.9. The largest absolute Gasteiger partial charge is 0.507 e. The summed E-state index contributed by atoms with van der Waals surface area (Å²) in [4.78, 5) is 82.3. The number of benzene rings is 5. The number of Topliss-reactive ketones (excluding diaryl/α,β-unsaturated/α-hetero) is 2. The highest BCUT2D eigenvalue weighted by Gasteiger charge is 2.52. The Morgan fingerprint density at radius 2 is 0.929 bits per heavy atom. The van der Waals surface area contributed by atoms with Crippen LogP contribution in [0.2, 0.25) is 0 Å². The summed E-state index contributed by atoms with van der Waals surface area (Å²) in [5.41, 5.74) is -5.49. The molecule has 84 heavy (non-hydrogen) atoms. The van der Waals surface area contributed by atoms with Crippen LogP contribution in [0.3, 0.4) is 0 Å². The van der Waals surface area contributed by atoms with Gasteiger partial charge in [0.05, 0.1) is 84.2 Å². The molecule has 0 amide bonds. The van der Waals surface area contributed by atoms with Gasteiger partial charge in [-0.25, -0.2) is 0 Å². The van der Waals surface area contributed by atoms with Crippen molar-refractivity contribution in [3.05, 3.63) is 139 Å². The summed E-state index contributed by atoms with van der Waals surface area (Å²) in [6, 6.07) is 14.9. The number of nitrogens with one attached hydrogen (secondary N) is 2. The van der Waals surface area contributed by atoms with Crippen molar-refractivity contribution in [2.24, 2.45) is 0 Å². The van der Waals surface area contributed by atoms with Crippen molar-refractivity contribution < 1.29 is 98.0 Å². The quantitative estimate of drug-likeness (QED) is 0.0687. The standard InChI is InChI=1S/C62H64N2O20/c1-25-51(67)35(17-41(81-25)83-39-21-61(77,27(3)65)19-33-45(39)59(75)49-47(55(33)71)53(69)31-12-8-14-37(79-5)43(31)57(49)73)63-23-29-10-7-11-30(16-29)24-64-36-18-42(82-26(2)52(36)68)84-40-22-62(78,28(4)66)20-34-46(40)60(76)50-48(56(34)72)54(70)32-13-9-15-38(80-6)44(32)58(50)74/h7-16,25-26,35-36,39-42,51-52,63-64,67-68,71-72,75-78H,17-24H2,1-6H3/t25-,26-,35-,36-,39-,40-,41-,42-,51+,52+,61-,62-/m0/s1. The van der Waals surface area contributed by atoms with Gasteiger partial charge in [-0.2, -0.15) is 0 Å². The van der Waals surface area contributed by atoms with E-state index in [1.54, 1.807) is 13.8 Å². The minimum Gasteiger partial charge on any atom is -0.507 e. The van der Waals surface area contributed by atoms with Crippen molar-refractivity contribution in [3.8, 4) is 34.5 Å². The van der Waals surface area contributed by atoms with Crippen LogP contribution in [0.15, 0.2) is 60.7 Å². The number of hydrogen-bond donors (Lipinski definition) is 10. The van der Waals surface area contributed by atoms with Crippen molar-refractivity contribution in [1.82, 2.24) is 10.6 Å². The van der Waals surface area contributed by atoms with Gasteiger partial charge >= 0.3 is 0 Å². The van der Waals surface area contributed by atoms with Gasteiger partial charge in [-0.15, -0.1) is 0 Å². The van der Waals surface area contributed by atoms with Crippen LogP contribution in [0, 0.1) is 0 Å². The first-order valence-electron chi connectivity index (χ1n) is 27.6. The molecule has 0 spiro atoms. The molecule has 442 valence electrons. The predicted molar refractivity (Wildman–Crippen MR) is 292 cm³/mol. The molecule has 0 saturated carbocycles. The number of carbonyl (C=O) groups is 6. The van der Waals surface area contributed by atoms with E-state index in [0.717, 1.165) is 25.0 Å². The van der Waals surface area contributed by atoms with Gasteiger partial charge in [0.1, 0.15) is 45.7 Å². The van der Waals surface area contributed by atoms with E-state index in [2.05, 4.69) is 10.6 Å². The number of phenols is 4. The van der Waals surface area contributed by atoms with Crippen LogP contribution in [0.1, 0.15) is 163 Å². The molecule has 2 saturated heterocycles. The Morgan fingerprint density at radius 3 is 1.30 bits per heavy atom. The minimum absolute atomic E-state index is 0.00480.